The summed E-state index contributed by atoms with van der Waals surface area (Å²) < 4.78 is 14.9. The highest BCUT2D eigenvalue weighted by molar-refractivity contribution is 6.09. The Hall–Kier alpha value is -1.43. The maximum Gasteiger partial charge on any atom is 0.319 e. The molecule has 1 fully saturated rings. The number of carbonyl (C=O) groups excluding carboxylic acids is 3. The van der Waals surface area contributed by atoms with Crippen molar-refractivity contribution in [2.45, 2.75) is 33.3 Å². The highest BCUT2D eigenvalue weighted by atomic mass is 16.5. The van der Waals surface area contributed by atoms with Crippen molar-refractivity contribution in [1.82, 2.24) is 0 Å². The van der Waals surface area contributed by atoms with E-state index in [0.29, 0.717) is 0 Å². The molecule has 0 heterocycles. The molecule has 3 atom stereocenters. The van der Waals surface area contributed by atoms with Crippen LogP contribution in [-0.2, 0) is 28.6 Å². The van der Waals surface area contributed by atoms with Gasteiger partial charge in [-0.15, -0.1) is 0 Å². The van der Waals surface area contributed by atoms with Gasteiger partial charge in [-0.3, -0.25) is 14.4 Å². The average Bonchev–Trinajstić information content (AvgIpc) is 2.64. The molecule has 1 rings (SSSR count). The molecule has 108 valence electrons. The third-order valence-corrected chi connectivity index (χ3v) is 3.37. The van der Waals surface area contributed by atoms with E-state index in [9.17, 15) is 14.4 Å². The molecule has 0 aromatic carbocycles. The van der Waals surface area contributed by atoms with Crippen molar-refractivity contribution in [3.8, 4) is 0 Å². The fraction of sp³-hybridized carbons (Fsp3) is 0.769. The average molecular weight is 272 g/mol. The number of hydrogen-bond acceptors (Lipinski definition) is 6. The van der Waals surface area contributed by atoms with Crippen LogP contribution in [0.4, 0.5) is 0 Å². The Labute approximate surface area is 112 Å². The van der Waals surface area contributed by atoms with Gasteiger partial charge < -0.3 is 14.2 Å². The summed E-state index contributed by atoms with van der Waals surface area (Å²) in [6.45, 7) is 5.23. The minimum Gasteiger partial charge on any atom is -0.466 e. The van der Waals surface area contributed by atoms with E-state index in [1.54, 1.807) is 13.8 Å². The van der Waals surface area contributed by atoms with Crippen LogP contribution in [0.5, 0.6) is 0 Å². The second-order valence-corrected chi connectivity index (χ2v) is 4.64. The number of hydrogen-bond donors (Lipinski definition) is 0. The Balaban J connectivity index is 2.98. The van der Waals surface area contributed by atoms with Gasteiger partial charge in [0.2, 0.25) is 0 Å². The molecule has 0 aliphatic heterocycles. The number of rotatable bonds is 5. The second-order valence-electron chi connectivity index (χ2n) is 4.64. The lowest BCUT2D eigenvalue weighted by Crippen LogP contribution is -2.38. The number of esters is 2. The number of carbonyl (C=O) groups is 3. The van der Waals surface area contributed by atoms with Gasteiger partial charge in [0, 0.05) is 7.11 Å². The molecule has 0 saturated heterocycles. The molecule has 0 spiro atoms. The van der Waals surface area contributed by atoms with Crippen LogP contribution in [0, 0.1) is 11.3 Å². The van der Waals surface area contributed by atoms with E-state index >= 15 is 0 Å². The third-order valence-electron chi connectivity index (χ3n) is 3.37. The van der Waals surface area contributed by atoms with Crippen molar-refractivity contribution in [2.75, 3.05) is 20.3 Å². The number of Topliss-reactive ketones (excluding diaryl/α,β-unsaturated/α-hetero) is 1. The number of ether oxygens (including phenoxy) is 3. The summed E-state index contributed by atoms with van der Waals surface area (Å²) in [5.41, 5.74) is -1.34. The number of methoxy groups -OCH3 is 1. The summed E-state index contributed by atoms with van der Waals surface area (Å²) in [5, 5.41) is 0. The van der Waals surface area contributed by atoms with Gasteiger partial charge in [-0.1, -0.05) is 0 Å². The quantitative estimate of drug-likeness (QED) is 0.542. The van der Waals surface area contributed by atoms with Crippen molar-refractivity contribution in [3.63, 3.8) is 0 Å². The zero-order valence-electron chi connectivity index (χ0n) is 11.7. The fourth-order valence-corrected chi connectivity index (χ4v) is 2.35. The van der Waals surface area contributed by atoms with E-state index in [1.807, 2.05) is 0 Å². The van der Waals surface area contributed by atoms with Crippen LogP contribution in [-0.4, -0.2) is 44.1 Å². The molecule has 0 amide bonds. The summed E-state index contributed by atoms with van der Waals surface area (Å²) in [4.78, 5) is 36.0. The van der Waals surface area contributed by atoms with Crippen molar-refractivity contribution < 1.29 is 28.6 Å². The first kappa shape index (κ1) is 15.6. The first-order valence-corrected chi connectivity index (χ1v) is 6.33. The van der Waals surface area contributed by atoms with Crippen molar-refractivity contribution in [3.05, 3.63) is 0 Å². The summed E-state index contributed by atoms with van der Waals surface area (Å²) in [7, 11) is 1.34. The molecule has 0 aromatic heterocycles. The molecule has 1 aliphatic rings. The predicted molar refractivity (Wildman–Crippen MR) is 65.3 cm³/mol. The molecular weight excluding hydrogens is 252 g/mol. The lowest BCUT2D eigenvalue weighted by atomic mass is 9.87. The Morgan fingerprint density at radius 2 is 1.84 bits per heavy atom. The van der Waals surface area contributed by atoms with E-state index in [-0.39, 0.29) is 19.6 Å². The smallest absolute Gasteiger partial charge is 0.319 e. The first-order valence-electron chi connectivity index (χ1n) is 6.33. The normalized spacial score (nSPS) is 30.2. The molecule has 0 bridgehead atoms. The zero-order chi connectivity index (χ0) is 14.6. The van der Waals surface area contributed by atoms with E-state index in [2.05, 4.69) is 0 Å². The van der Waals surface area contributed by atoms with Gasteiger partial charge in [0.25, 0.3) is 0 Å². The van der Waals surface area contributed by atoms with Crippen LogP contribution < -0.4 is 0 Å². The van der Waals surface area contributed by atoms with Gasteiger partial charge in [0.15, 0.2) is 5.78 Å². The first-order chi connectivity index (χ1) is 8.92. The van der Waals surface area contributed by atoms with Crippen LogP contribution in [0.3, 0.4) is 0 Å². The predicted octanol–water partition coefficient (Wildman–Crippen LogP) is 0.723. The van der Waals surface area contributed by atoms with Crippen LogP contribution in [0.25, 0.3) is 0 Å². The van der Waals surface area contributed by atoms with E-state index in [0.717, 1.165) is 0 Å². The molecule has 3 unspecified atom stereocenters. The minimum absolute atomic E-state index is 0.0575. The molecule has 0 N–H and O–H groups in total. The zero-order valence-corrected chi connectivity index (χ0v) is 11.7. The minimum atomic E-state index is -1.34. The summed E-state index contributed by atoms with van der Waals surface area (Å²) >= 11 is 0. The molecule has 0 radical (unpaired) electrons. The maximum atomic E-state index is 12.3. The van der Waals surface area contributed by atoms with Gasteiger partial charge in [0.1, 0.15) is 11.5 Å². The fourth-order valence-electron chi connectivity index (χ4n) is 2.35. The van der Waals surface area contributed by atoms with Crippen LogP contribution >= 0.6 is 0 Å². The van der Waals surface area contributed by atoms with Gasteiger partial charge in [-0.05, 0) is 27.2 Å². The Bertz CT molecular complexity index is 377. The lowest BCUT2D eigenvalue weighted by Gasteiger charge is -2.19. The highest BCUT2D eigenvalue weighted by Crippen LogP contribution is 2.41. The summed E-state index contributed by atoms with van der Waals surface area (Å²) in [5.74, 6) is -2.32. The summed E-state index contributed by atoms with van der Waals surface area (Å²) in [6, 6.07) is 0. The molecule has 1 saturated carbocycles. The molecule has 0 aromatic rings. The van der Waals surface area contributed by atoms with Gasteiger partial charge in [-0.25, -0.2) is 0 Å². The molecule has 6 heteroatoms. The Kier molecular flexibility index (Phi) is 5.05. The van der Waals surface area contributed by atoms with E-state index in [1.165, 1.54) is 14.0 Å². The maximum absolute atomic E-state index is 12.3. The van der Waals surface area contributed by atoms with Crippen molar-refractivity contribution in [2.24, 2.45) is 11.3 Å². The topological polar surface area (TPSA) is 78.9 Å². The number of ketones is 1. The van der Waals surface area contributed by atoms with Crippen LogP contribution in [0.15, 0.2) is 0 Å². The molecule has 1 aliphatic carbocycles. The van der Waals surface area contributed by atoms with Crippen LogP contribution in [0.1, 0.15) is 27.2 Å². The summed E-state index contributed by atoms with van der Waals surface area (Å²) in [6.07, 6.45) is -0.893. The van der Waals surface area contributed by atoms with Gasteiger partial charge >= 0.3 is 11.9 Å². The van der Waals surface area contributed by atoms with Gasteiger partial charge in [-0.2, -0.15) is 0 Å². The third kappa shape index (κ3) is 2.78. The van der Waals surface area contributed by atoms with Crippen molar-refractivity contribution >= 4 is 17.7 Å². The molecule has 19 heavy (non-hydrogen) atoms. The molecular formula is C13H20O6. The van der Waals surface area contributed by atoms with Crippen LogP contribution in [0.2, 0.25) is 0 Å². The lowest BCUT2D eigenvalue weighted by molar-refractivity contribution is -0.159. The largest absolute Gasteiger partial charge is 0.466 e. The van der Waals surface area contributed by atoms with E-state index < -0.39 is 35.2 Å². The Morgan fingerprint density at radius 1 is 1.26 bits per heavy atom. The second kappa shape index (κ2) is 6.14. The highest BCUT2D eigenvalue weighted by Gasteiger charge is 2.58. The van der Waals surface area contributed by atoms with E-state index in [4.69, 9.17) is 14.2 Å². The standard InChI is InChI=1S/C13H20O6/c1-5-18-11(15)8-7-13(3,12(16)19-6-2)10(14)9(8)17-4/h8-9H,5-7H2,1-4H3. The molecule has 6 nitrogen and oxygen atoms in total. The SMILES string of the molecule is CCOC(=O)C1CC(C)(C(=O)OCC)C(=O)C1OC. The Morgan fingerprint density at radius 3 is 2.32 bits per heavy atom. The van der Waals surface area contributed by atoms with Crippen molar-refractivity contribution in [1.29, 1.82) is 0 Å². The van der Waals surface area contributed by atoms with Gasteiger partial charge in [0.05, 0.1) is 19.1 Å². The monoisotopic (exact) mass is 272 g/mol.